The molecule has 20 heavy (non-hydrogen) atoms. The molecule has 2 rings (SSSR count). The third-order valence-corrected chi connectivity index (χ3v) is 4.06. The van der Waals surface area contributed by atoms with E-state index in [0.29, 0.717) is 12.5 Å². The van der Waals surface area contributed by atoms with E-state index in [4.69, 9.17) is 5.11 Å². The van der Waals surface area contributed by atoms with Gasteiger partial charge in [0.1, 0.15) is 0 Å². The molecule has 2 atom stereocenters. The summed E-state index contributed by atoms with van der Waals surface area (Å²) in [6.45, 7) is 7.04. The number of likely N-dealkylation sites (tertiary alicyclic amines) is 1. The molecule has 0 aromatic heterocycles. The van der Waals surface area contributed by atoms with Crippen LogP contribution in [0, 0.1) is 17.8 Å². The van der Waals surface area contributed by atoms with E-state index in [9.17, 15) is 0 Å². The van der Waals surface area contributed by atoms with Gasteiger partial charge in [0, 0.05) is 24.6 Å². The van der Waals surface area contributed by atoms with Crippen molar-refractivity contribution in [3.05, 3.63) is 35.4 Å². The maximum atomic E-state index is 8.76. The van der Waals surface area contributed by atoms with E-state index in [1.54, 1.807) is 0 Å². The van der Waals surface area contributed by atoms with Crippen molar-refractivity contribution in [3.8, 4) is 11.8 Å². The predicted octanol–water partition coefficient (Wildman–Crippen LogP) is 3.04. The van der Waals surface area contributed by atoms with Crippen LogP contribution in [0.1, 0.15) is 44.2 Å². The van der Waals surface area contributed by atoms with E-state index in [1.807, 2.05) is 6.07 Å². The third-order valence-electron chi connectivity index (χ3n) is 4.06. The molecule has 1 aliphatic rings. The minimum Gasteiger partial charge on any atom is -0.395 e. The zero-order valence-electron chi connectivity index (χ0n) is 12.6. The van der Waals surface area contributed by atoms with Crippen LogP contribution in [-0.2, 0) is 6.54 Å². The Morgan fingerprint density at radius 3 is 2.95 bits per heavy atom. The van der Waals surface area contributed by atoms with Crippen LogP contribution in [0.3, 0.4) is 0 Å². The van der Waals surface area contributed by atoms with E-state index in [2.05, 4.69) is 48.8 Å². The summed E-state index contributed by atoms with van der Waals surface area (Å²) in [6, 6.07) is 9.14. The van der Waals surface area contributed by atoms with Crippen molar-refractivity contribution in [1.29, 1.82) is 0 Å². The van der Waals surface area contributed by atoms with Crippen molar-refractivity contribution in [2.75, 3.05) is 13.2 Å². The molecule has 0 aliphatic carbocycles. The Hall–Kier alpha value is -1.30. The molecule has 1 saturated heterocycles. The molecular formula is C18H25NO. The fourth-order valence-corrected chi connectivity index (χ4v) is 2.89. The van der Waals surface area contributed by atoms with E-state index < -0.39 is 0 Å². The molecule has 2 unspecified atom stereocenters. The van der Waals surface area contributed by atoms with Crippen LogP contribution < -0.4 is 0 Å². The van der Waals surface area contributed by atoms with Crippen LogP contribution in [0.15, 0.2) is 24.3 Å². The van der Waals surface area contributed by atoms with Crippen molar-refractivity contribution >= 4 is 0 Å². The Morgan fingerprint density at radius 1 is 1.35 bits per heavy atom. The smallest absolute Gasteiger partial charge is 0.0540 e. The lowest BCUT2D eigenvalue weighted by Gasteiger charge is -2.36. The third kappa shape index (κ3) is 4.37. The van der Waals surface area contributed by atoms with Gasteiger partial charge < -0.3 is 5.11 Å². The highest BCUT2D eigenvalue weighted by atomic mass is 16.2. The number of benzene rings is 1. The second kappa shape index (κ2) is 7.47. The highest BCUT2D eigenvalue weighted by molar-refractivity contribution is 5.37. The van der Waals surface area contributed by atoms with Crippen LogP contribution >= 0.6 is 0 Å². The second-order valence-corrected chi connectivity index (χ2v) is 5.92. The molecule has 1 fully saturated rings. The number of hydrogen-bond acceptors (Lipinski definition) is 2. The zero-order chi connectivity index (χ0) is 14.4. The first kappa shape index (κ1) is 15.1. The standard InChI is InChI=1S/C18H25NO/c1-15-9-10-19(16(2)12-15)14-18-8-5-7-17(13-18)6-3-4-11-20/h5,7-8,13,15-16,20H,4,9-12,14H2,1-2H3. The maximum Gasteiger partial charge on any atom is 0.0540 e. The molecule has 0 bridgehead atoms. The van der Waals surface area contributed by atoms with E-state index in [0.717, 1.165) is 18.0 Å². The molecule has 2 nitrogen and oxygen atoms in total. The molecule has 0 amide bonds. The summed E-state index contributed by atoms with van der Waals surface area (Å²) in [5.41, 5.74) is 2.39. The summed E-state index contributed by atoms with van der Waals surface area (Å²) in [7, 11) is 0. The van der Waals surface area contributed by atoms with Crippen LogP contribution in [0.2, 0.25) is 0 Å². The van der Waals surface area contributed by atoms with Gasteiger partial charge in [0.2, 0.25) is 0 Å². The van der Waals surface area contributed by atoms with Gasteiger partial charge in [0.25, 0.3) is 0 Å². The van der Waals surface area contributed by atoms with Crippen molar-refractivity contribution < 1.29 is 5.11 Å². The summed E-state index contributed by atoms with van der Waals surface area (Å²) in [6.07, 6.45) is 3.15. The largest absolute Gasteiger partial charge is 0.395 e. The van der Waals surface area contributed by atoms with Gasteiger partial charge in [-0.05, 0) is 49.9 Å². The number of nitrogens with zero attached hydrogens (tertiary/aromatic N) is 1. The van der Waals surface area contributed by atoms with Gasteiger partial charge in [-0.15, -0.1) is 0 Å². The highest BCUT2D eigenvalue weighted by Gasteiger charge is 2.22. The minimum absolute atomic E-state index is 0.135. The Labute approximate surface area is 122 Å². The van der Waals surface area contributed by atoms with Crippen molar-refractivity contribution in [1.82, 2.24) is 4.90 Å². The Morgan fingerprint density at radius 2 is 2.20 bits per heavy atom. The first-order valence-corrected chi connectivity index (χ1v) is 7.61. The monoisotopic (exact) mass is 271 g/mol. The number of aliphatic hydroxyl groups excluding tert-OH is 1. The second-order valence-electron chi connectivity index (χ2n) is 5.92. The van der Waals surface area contributed by atoms with Gasteiger partial charge in [-0.2, -0.15) is 0 Å². The Balaban J connectivity index is 1.99. The predicted molar refractivity (Wildman–Crippen MR) is 83.3 cm³/mol. The molecule has 1 heterocycles. The minimum atomic E-state index is 0.135. The Bertz CT molecular complexity index is 486. The average Bonchev–Trinajstić information content (AvgIpc) is 2.43. The SMILES string of the molecule is CC1CCN(Cc2cccc(C#CCCO)c2)C(C)C1. The van der Waals surface area contributed by atoms with E-state index in [-0.39, 0.29) is 6.61 Å². The molecule has 1 N–H and O–H groups in total. The van der Waals surface area contributed by atoms with Gasteiger partial charge in [0.15, 0.2) is 0 Å². The lowest BCUT2D eigenvalue weighted by molar-refractivity contribution is 0.122. The van der Waals surface area contributed by atoms with Crippen molar-refractivity contribution in [2.24, 2.45) is 5.92 Å². The summed E-state index contributed by atoms with van der Waals surface area (Å²) >= 11 is 0. The number of rotatable bonds is 3. The van der Waals surface area contributed by atoms with Crippen LogP contribution in [-0.4, -0.2) is 29.2 Å². The number of hydrogen-bond donors (Lipinski definition) is 1. The molecule has 0 spiro atoms. The first-order chi connectivity index (χ1) is 9.69. The molecule has 1 aliphatic heterocycles. The van der Waals surface area contributed by atoms with Gasteiger partial charge in [-0.3, -0.25) is 4.90 Å². The maximum absolute atomic E-state index is 8.76. The molecule has 108 valence electrons. The van der Waals surface area contributed by atoms with E-state index in [1.165, 1.54) is 24.9 Å². The summed E-state index contributed by atoms with van der Waals surface area (Å²) in [4.78, 5) is 2.57. The fourth-order valence-electron chi connectivity index (χ4n) is 2.89. The number of piperidine rings is 1. The van der Waals surface area contributed by atoms with Gasteiger partial charge in [0.05, 0.1) is 6.61 Å². The lowest BCUT2D eigenvalue weighted by atomic mass is 9.93. The quantitative estimate of drug-likeness (QED) is 0.854. The fraction of sp³-hybridized carbons (Fsp3) is 0.556. The van der Waals surface area contributed by atoms with Crippen LogP contribution in [0.5, 0.6) is 0 Å². The summed E-state index contributed by atoms with van der Waals surface area (Å²) < 4.78 is 0. The molecule has 1 aromatic rings. The molecule has 0 radical (unpaired) electrons. The first-order valence-electron chi connectivity index (χ1n) is 7.61. The topological polar surface area (TPSA) is 23.5 Å². The molecule has 0 saturated carbocycles. The van der Waals surface area contributed by atoms with Crippen molar-refractivity contribution in [3.63, 3.8) is 0 Å². The van der Waals surface area contributed by atoms with E-state index >= 15 is 0 Å². The normalized spacial score (nSPS) is 23.1. The average molecular weight is 271 g/mol. The van der Waals surface area contributed by atoms with Gasteiger partial charge >= 0.3 is 0 Å². The highest BCUT2D eigenvalue weighted by Crippen LogP contribution is 2.23. The van der Waals surface area contributed by atoms with Crippen LogP contribution in [0.4, 0.5) is 0 Å². The lowest BCUT2D eigenvalue weighted by Crippen LogP contribution is -2.39. The Kier molecular flexibility index (Phi) is 5.64. The number of aliphatic hydroxyl groups is 1. The summed E-state index contributed by atoms with van der Waals surface area (Å²) in [5, 5.41) is 8.76. The molecule has 1 aromatic carbocycles. The van der Waals surface area contributed by atoms with Gasteiger partial charge in [-0.1, -0.05) is 30.9 Å². The van der Waals surface area contributed by atoms with Gasteiger partial charge in [-0.25, -0.2) is 0 Å². The summed E-state index contributed by atoms with van der Waals surface area (Å²) in [5.74, 6) is 6.95. The zero-order valence-corrected chi connectivity index (χ0v) is 12.6. The van der Waals surface area contributed by atoms with Crippen molar-refractivity contribution in [2.45, 2.75) is 45.7 Å². The van der Waals surface area contributed by atoms with Crippen LogP contribution in [0.25, 0.3) is 0 Å². The molecule has 2 heteroatoms. The molecular weight excluding hydrogens is 246 g/mol.